The molecule has 0 aliphatic carbocycles. The van der Waals surface area contributed by atoms with Gasteiger partial charge in [0, 0.05) is 0 Å². The Bertz CT molecular complexity index is 1630. The van der Waals surface area contributed by atoms with E-state index in [1.165, 1.54) is 13.2 Å². The van der Waals surface area contributed by atoms with Gasteiger partial charge < -0.3 is 14.8 Å². The van der Waals surface area contributed by atoms with Crippen molar-refractivity contribution in [1.29, 1.82) is 0 Å². The van der Waals surface area contributed by atoms with Gasteiger partial charge in [-0.2, -0.15) is 0 Å². The number of methoxy groups -OCH3 is 1. The van der Waals surface area contributed by atoms with E-state index >= 15 is 0 Å². The lowest BCUT2D eigenvalue weighted by molar-refractivity contribution is -0.121. The van der Waals surface area contributed by atoms with Gasteiger partial charge in [0.2, 0.25) is 0 Å². The molecular formula is C32H24BrN3O6. The lowest BCUT2D eigenvalue weighted by Crippen LogP contribution is -2.57. The van der Waals surface area contributed by atoms with Crippen molar-refractivity contribution >= 4 is 62.8 Å². The molecule has 1 aliphatic heterocycles. The number of para-hydroxylation sites is 4. The van der Waals surface area contributed by atoms with E-state index in [9.17, 15) is 19.2 Å². The van der Waals surface area contributed by atoms with E-state index in [1.54, 1.807) is 103 Å². The maximum absolute atomic E-state index is 13.6. The van der Waals surface area contributed by atoms with Crippen LogP contribution in [0.5, 0.6) is 11.5 Å². The third kappa shape index (κ3) is 5.93. The van der Waals surface area contributed by atoms with Crippen LogP contribution < -0.4 is 24.6 Å². The predicted molar refractivity (Wildman–Crippen MR) is 162 cm³/mol. The summed E-state index contributed by atoms with van der Waals surface area (Å²) in [6.07, 6.45) is 1.42. The Labute approximate surface area is 250 Å². The van der Waals surface area contributed by atoms with Crippen LogP contribution in [-0.2, 0) is 14.4 Å². The van der Waals surface area contributed by atoms with Gasteiger partial charge >= 0.3 is 6.03 Å². The molecule has 1 N–H and O–H groups in total. The second-order valence-corrected chi connectivity index (χ2v) is 9.87. The zero-order valence-electron chi connectivity index (χ0n) is 22.3. The Hall–Kier alpha value is -5.22. The topological polar surface area (TPSA) is 105 Å². The molecule has 42 heavy (non-hydrogen) atoms. The summed E-state index contributed by atoms with van der Waals surface area (Å²) in [5.74, 6) is -0.974. The first-order chi connectivity index (χ1) is 20.4. The first-order valence-electron chi connectivity index (χ1n) is 12.8. The second-order valence-electron chi connectivity index (χ2n) is 9.02. The summed E-state index contributed by atoms with van der Waals surface area (Å²) >= 11 is 3.44. The number of hydrogen-bond acceptors (Lipinski definition) is 6. The van der Waals surface area contributed by atoms with Crippen LogP contribution in [0.25, 0.3) is 6.08 Å². The molecule has 210 valence electrons. The SMILES string of the molecule is COc1ccccc1NC(=O)COc1ccc(C=C2C(=O)N(c3ccccc3)C(=O)N(c3ccccc3)C2=O)cc1Br. The van der Waals surface area contributed by atoms with Gasteiger partial charge in [-0.3, -0.25) is 14.4 Å². The van der Waals surface area contributed by atoms with Crippen LogP contribution in [-0.4, -0.2) is 37.5 Å². The van der Waals surface area contributed by atoms with Gasteiger partial charge in [0.05, 0.1) is 28.6 Å². The number of hydrogen-bond donors (Lipinski definition) is 1. The number of anilines is 3. The summed E-state index contributed by atoms with van der Waals surface area (Å²) in [6.45, 7) is -0.270. The number of ether oxygens (including phenoxy) is 2. The first kappa shape index (κ1) is 28.3. The number of nitrogens with zero attached hydrogens (tertiary/aromatic N) is 2. The van der Waals surface area contributed by atoms with Crippen molar-refractivity contribution in [3.8, 4) is 11.5 Å². The van der Waals surface area contributed by atoms with Gasteiger partial charge in [-0.05, 0) is 76.1 Å². The highest BCUT2D eigenvalue weighted by molar-refractivity contribution is 9.10. The number of benzene rings is 4. The van der Waals surface area contributed by atoms with Crippen molar-refractivity contribution in [2.75, 3.05) is 28.8 Å². The van der Waals surface area contributed by atoms with Crippen molar-refractivity contribution in [3.05, 3.63) is 119 Å². The molecule has 5 amide bonds. The van der Waals surface area contributed by atoms with Gasteiger partial charge in [0.25, 0.3) is 17.7 Å². The summed E-state index contributed by atoms with van der Waals surface area (Å²) in [7, 11) is 1.51. The molecule has 4 aromatic rings. The monoisotopic (exact) mass is 625 g/mol. The van der Waals surface area contributed by atoms with Crippen molar-refractivity contribution in [1.82, 2.24) is 0 Å². The largest absolute Gasteiger partial charge is 0.495 e. The molecule has 1 aliphatic rings. The molecule has 0 unspecified atom stereocenters. The number of barbiturate groups is 1. The summed E-state index contributed by atoms with van der Waals surface area (Å²) in [5, 5.41) is 2.74. The highest BCUT2D eigenvalue weighted by atomic mass is 79.9. The summed E-state index contributed by atoms with van der Waals surface area (Å²) in [5.41, 5.74) is 1.49. The molecule has 0 saturated carbocycles. The summed E-state index contributed by atoms with van der Waals surface area (Å²) in [4.78, 5) is 55.0. The van der Waals surface area contributed by atoms with Crippen LogP contribution in [0.15, 0.2) is 113 Å². The van der Waals surface area contributed by atoms with E-state index in [-0.39, 0.29) is 18.1 Å². The predicted octanol–water partition coefficient (Wildman–Crippen LogP) is 6.06. The lowest BCUT2D eigenvalue weighted by atomic mass is 10.0. The molecule has 1 heterocycles. The summed E-state index contributed by atoms with van der Waals surface area (Å²) < 4.78 is 11.4. The number of urea groups is 1. The molecule has 0 radical (unpaired) electrons. The van der Waals surface area contributed by atoms with Crippen LogP contribution in [0.4, 0.5) is 21.9 Å². The smallest absolute Gasteiger partial charge is 0.343 e. The molecule has 9 nitrogen and oxygen atoms in total. The number of rotatable bonds is 8. The van der Waals surface area contributed by atoms with Crippen molar-refractivity contribution in [2.45, 2.75) is 0 Å². The first-order valence-corrected chi connectivity index (χ1v) is 13.6. The fraction of sp³-hybridized carbons (Fsp3) is 0.0625. The van der Waals surface area contributed by atoms with Crippen LogP contribution >= 0.6 is 15.9 Å². The fourth-order valence-corrected chi connectivity index (χ4v) is 4.82. The average molecular weight is 626 g/mol. The minimum Gasteiger partial charge on any atom is -0.495 e. The molecule has 1 fully saturated rings. The van der Waals surface area contributed by atoms with E-state index in [1.807, 2.05) is 0 Å². The molecule has 0 spiro atoms. The fourth-order valence-electron chi connectivity index (χ4n) is 4.31. The zero-order chi connectivity index (χ0) is 29.6. The van der Waals surface area contributed by atoms with Crippen LogP contribution in [0.3, 0.4) is 0 Å². The number of carbonyl (C=O) groups is 4. The van der Waals surface area contributed by atoms with E-state index in [0.29, 0.717) is 38.6 Å². The normalized spacial score (nSPS) is 13.2. The number of halogens is 1. The Morgan fingerprint density at radius 3 is 1.93 bits per heavy atom. The van der Waals surface area contributed by atoms with Crippen LogP contribution in [0.2, 0.25) is 0 Å². The molecule has 0 bridgehead atoms. The number of amides is 5. The van der Waals surface area contributed by atoms with Crippen molar-refractivity contribution in [3.63, 3.8) is 0 Å². The average Bonchev–Trinajstić information content (AvgIpc) is 3.00. The Morgan fingerprint density at radius 1 is 0.786 bits per heavy atom. The maximum atomic E-state index is 13.6. The Morgan fingerprint density at radius 2 is 1.36 bits per heavy atom. The molecule has 4 aromatic carbocycles. The highest BCUT2D eigenvalue weighted by Gasteiger charge is 2.43. The van der Waals surface area contributed by atoms with Crippen molar-refractivity contribution in [2.24, 2.45) is 0 Å². The quantitative estimate of drug-likeness (QED) is 0.188. The van der Waals surface area contributed by atoms with Gasteiger partial charge in [0.15, 0.2) is 6.61 Å². The molecular weight excluding hydrogens is 602 g/mol. The van der Waals surface area contributed by atoms with Crippen LogP contribution in [0.1, 0.15) is 5.56 Å². The van der Waals surface area contributed by atoms with E-state index in [0.717, 1.165) is 9.80 Å². The molecule has 1 saturated heterocycles. The third-order valence-corrected chi connectivity index (χ3v) is 6.90. The molecule has 0 aromatic heterocycles. The van der Waals surface area contributed by atoms with Crippen LogP contribution in [0, 0.1) is 0 Å². The maximum Gasteiger partial charge on any atom is 0.343 e. The number of imide groups is 2. The molecule has 10 heteroatoms. The lowest BCUT2D eigenvalue weighted by Gasteiger charge is -2.33. The minimum atomic E-state index is -0.768. The van der Waals surface area contributed by atoms with Crippen molar-refractivity contribution < 1.29 is 28.7 Å². The van der Waals surface area contributed by atoms with Gasteiger partial charge in [-0.25, -0.2) is 14.6 Å². The van der Waals surface area contributed by atoms with E-state index < -0.39 is 17.8 Å². The Balaban J connectivity index is 1.39. The molecule has 5 rings (SSSR count). The molecule has 0 atom stereocenters. The third-order valence-electron chi connectivity index (χ3n) is 6.29. The standard InChI is InChI=1S/C32H24BrN3O6/c1-41-28-15-9-8-14-26(28)34-29(37)20-42-27-17-16-21(19-25(27)33)18-24-30(38)35(22-10-4-2-5-11-22)32(40)36(31(24)39)23-12-6-3-7-13-23/h2-19H,20H2,1H3,(H,34,37). The highest BCUT2D eigenvalue weighted by Crippen LogP contribution is 2.31. The minimum absolute atomic E-state index is 0.195. The van der Waals surface area contributed by atoms with E-state index in [2.05, 4.69) is 21.2 Å². The second kappa shape index (κ2) is 12.5. The zero-order valence-corrected chi connectivity index (χ0v) is 23.9. The van der Waals surface area contributed by atoms with Gasteiger partial charge in [0.1, 0.15) is 17.1 Å². The van der Waals surface area contributed by atoms with Gasteiger partial charge in [-0.1, -0.05) is 54.6 Å². The Kier molecular flexibility index (Phi) is 8.44. The summed E-state index contributed by atoms with van der Waals surface area (Å²) in [6, 6.07) is 28.0. The number of carbonyl (C=O) groups excluding carboxylic acids is 4. The van der Waals surface area contributed by atoms with E-state index in [4.69, 9.17) is 9.47 Å². The number of nitrogens with one attached hydrogen (secondary N) is 1. The van der Waals surface area contributed by atoms with Gasteiger partial charge in [-0.15, -0.1) is 0 Å².